The molecule has 0 unspecified atom stereocenters. The van der Waals surface area contributed by atoms with E-state index in [4.69, 9.17) is 0 Å². The van der Waals surface area contributed by atoms with Crippen molar-refractivity contribution >= 4 is 117 Å². The minimum Gasteiger partial charge on any atom is -0.310 e. The van der Waals surface area contributed by atoms with Crippen LogP contribution in [0.25, 0.3) is 163 Å². The van der Waals surface area contributed by atoms with E-state index in [1.165, 1.54) is 173 Å². The first-order valence-corrected chi connectivity index (χ1v) is 37.6. The van der Waals surface area contributed by atoms with E-state index in [1.54, 1.807) is 0 Å². The molecule has 0 bridgehead atoms. The molecule has 0 spiro atoms. The third-order valence-corrected chi connectivity index (χ3v) is 22.8. The lowest BCUT2D eigenvalue weighted by Crippen LogP contribution is -2.09. The number of fused-ring (bicyclic) bond motifs is 6. The molecule has 0 saturated heterocycles. The number of aryl methyl sites for hydroxylation is 2. The zero-order valence-corrected chi connectivity index (χ0v) is 59.9. The van der Waals surface area contributed by atoms with Crippen molar-refractivity contribution in [3.05, 3.63) is 404 Å². The van der Waals surface area contributed by atoms with Gasteiger partial charge in [0.2, 0.25) is 0 Å². The summed E-state index contributed by atoms with van der Waals surface area (Å²) in [7, 11) is 0. The Bertz CT molecular complexity index is 6300. The monoisotopic (exact) mass is 1410 g/mol. The van der Waals surface area contributed by atoms with Crippen LogP contribution in [0, 0.1) is 13.8 Å². The van der Waals surface area contributed by atoms with Gasteiger partial charge in [-0.25, -0.2) is 0 Å². The molecule has 0 saturated carbocycles. The smallest absolute Gasteiger partial charge is 0.0468 e. The van der Waals surface area contributed by atoms with Gasteiger partial charge in [0.25, 0.3) is 0 Å². The summed E-state index contributed by atoms with van der Waals surface area (Å²) in [4.78, 5) is 7.47. The van der Waals surface area contributed by atoms with Gasteiger partial charge in [-0.1, -0.05) is 329 Å². The predicted octanol–water partition coefficient (Wildman–Crippen LogP) is 31.3. The van der Waals surface area contributed by atoms with Crippen LogP contribution in [-0.2, 0) is 0 Å². The maximum Gasteiger partial charge on any atom is 0.0468 e. The molecule has 1 nitrogen and oxygen atoms in total. The predicted molar refractivity (Wildman–Crippen MR) is 470 cm³/mol. The van der Waals surface area contributed by atoms with Gasteiger partial charge in [-0.15, -0.1) is 22.7 Å². The lowest BCUT2D eigenvalue weighted by molar-refractivity contribution is 1.27. The van der Waals surface area contributed by atoms with Gasteiger partial charge >= 0.3 is 0 Å². The van der Waals surface area contributed by atoms with E-state index >= 15 is 0 Å². The second-order valence-corrected chi connectivity index (χ2v) is 29.4. The highest BCUT2D eigenvalue weighted by Crippen LogP contribution is 2.49. The fraction of sp³-hybridized carbons (Fsp3) is 0.0385. The zero-order valence-electron chi connectivity index (χ0n) is 58.3. The SMILES string of the molecule is C.C.C(=C\c1ccc2cc(-c3c4ccccc4c(-c4cccc(-c5ccc(-c6ccccc6)s5)c4)c4ccccc34)ccc2c1)/c1ccccc1.Cc1ccc(N(c2ccc(C)cc2)c2ccc3cc(-c4c5ccccc5c(-c5cccc(-c6ccc(-c7ccccc7)s6)c5)c5ccccc45)ccc3c2)cc1. The van der Waals surface area contributed by atoms with E-state index in [2.05, 4.69) is 413 Å². The summed E-state index contributed by atoms with van der Waals surface area (Å²) < 4.78 is 0. The number of thiophene rings is 2. The highest BCUT2D eigenvalue weighted by molar-refractivity contribution is 7.19. The summed E-state index contributed by atoms with van der Waals surface area (Å²) in [6, 6.07) is 140. The maximum atomic E-state index is 2.37. The first-order valence-electron chi connectivity index (χ1n) is 36.0. The van der Waals surface area contributed by atoms with Gasteiger partial charge in [0.05, 0.1) is 0 Å². The van der Waals surface area contributed by atoms with Gasteiger partial charge in [0.1, 0.15) is 0 Å². The third kappa shape index (κ3) is 13.7. The maximum absolute atomic E-state index is 2.37. The molecule has 2 heterocycles. The Morgan fingerprint density at radius 3 is 0.897 bits per heavy atom. The number of anilines is 3. The number of hydrogen-bond acceptors (Lipinski definition) is 3. The molecule has 0 amide bonds. The lowest BCUT2D eigenvalue weighted by atomic mass is 9.85. The molecule has 0 atom stereocenters. The first-order chi connectivity index (χ1) is 51.8. The number of hydrogen-bond donors (Lipinski definition) is 0. The van der Waals surface area contributed by atoms with Crippen LogP contribution >= 0.6 is 22.7 Å². The van der Waals surface area contributed by atoms with E-state index in [-0.39, 0.29) is 14.9 Å². The van der Waals surface area contributed by atoms with Gasteiger partial charge in [-0.3, -0.25) is 0 Å². The highest BCUT2D eigenvalue weighted by Gasteiger charge is 2.22. The molecular formula is C104H79NS2. The number of nitrogens with zero attached hydrogens (tertiary/aromatic N) is 1. The fourth-order valence-corrected chi connectivity index (χ4v) is 17.3. The van der Waals surface area contributed by atoms with Crippen molar-refractivity contribution in [2.75, 3.05) is 4.90 Å². The molecule has 0 aliphatic carbocycles. The highest BCUT2D eigenvalue weighted by atomic mass is 32.1. The Kier molecular flexibility index (Phi) is 19.3. The second kappa shape index (κ2) is 30.1. The quantitative estimate of drug-likeness (QED) is 0.0821. The Hall–Kier alpha value is -12.8. The van der Waals surface area contributed by atoms with Crippen LogP contribution in [-0.4, -0.2) is 0 Å². The molecule has 0 radical (unpaired) electrons. The van der Waals surface area contributed by atoms with Crippen LogP contribution in [0.3, 0.4) is 0 Å². The molecule has 0 aliphatic heterocycles. The standard InChI is InChI=1S/C54H39NS.C48H32S.2CH4/c1-36-19-26-44(27-20-36)55(45-28-21-37(2)22-29-45)46-30-25-39-33-43(24-23-40(39)35-46)54-49-17-8-6-15-47(49)53(48-16-7-9-18-50(48)54)42-14-10-13-41(34-42)52-32-31-51(56-52)38-11-4-3-5-12-38;1-3-12-33(13-4-1)22-23-34-24-25-37-31-40(27-26-36(37)30-34)48-43-20-9-7-18-41(43)47(42-19-8-10-21-44(42)48)39-17-11-16-38(32-39)46-29-28-45(49-46)35-14-5-2-6-15-35;;/h3-35H,1-2H3;1-32H;2*1H4/b;23-22+;;. The lowest BCUT2D eigenvalue weighted by Gasteiger charge is -2.26. The molecule has 107 heavy (non-hydrogen) atoms. The number of benzene rings is 17. The van der Waals surface area contributed by atoms with Crippen molar-refractivity contribution in [3.63, 3.8) is 0 Å². The van der Waals surface area contributed by atoms with Gasteiger partial charge in [0, 0.05) is 36.6 Å². The average Bonchev–Trinajstić information content (AvgIpc) is 1.12. The summed E-state index contributed by atoms with van der Waals surface area (Å²) in [5.74, 6) is 0. The Labute approximate surface area is 636 Å². The van der Waals surface area contributed by atoms with Crippen LogP contribution in [0.15, 0.2) is 382 Å². The normalized spacial score (nSPS) is 11.3. The van der Waals surface area contributed by atoms with Crippen molar-refractivity contribution in [2.45, 2.75) is 28.7 Å². The van der Waals surface area contributed by atoms with E-state index in [1.807, 2.05) is 22.7 Å². The Morgan fingerprint density at radius 2 is 0.495 bits per heavy atom. The first kappa shape index (κ1) is 68.7. The van der Waals surface area contributed by atoms with Crippen molar-refractivity contribution < 1.29 is 0 Å². The minimum absolute atomic E-state index is 0. The van der Waals surface area contributed by atoms with Crippen LogP contribution in [0.1, 0.15) is 37.1 Å². The molecule has 2 aromatic heterocycles. The molecule has 512 valence electrons. The zero-order chi connectivity index (χ0) is 70.2. The molecule has 0 N–H and O–H groups in total. The summed E-state index contributed by atoms with van der Waals surface area (Å²) in [6.45, 7) is 4.28. The van der Waals surface area contributed by atoms with E-state index < -0.39 is 0 Å². The topological polar surface area (TPSA) is 3.24 Å². The van der Waals surface area contributed by atoms with Gasteiger partial charge in [-0.05, 0) is 247 Å². The second-order valence-electron chi connectivity index (χ2n) is 27.2. The largest absolute Gasteiger partial charge is 0.310 e. The molecule has 19 rings (SSSR count). The summed E-state index contributed by atoms with van der Waals surface area (Å²) >= 11 is 3.70. The van der Waals surface area contributed by atoms with Gasteiger partial charge in [-0.2, -0.15) is 0 Å². The van der Waals surface area contributed by atoms with Crippen molar-refractivity contribution in [2.24, 2.45) is 0 Å². The van der Waals surface area contributed by atoms with Crippen molar-refractivity contribution in [1.82, 2.24) is 0 Å². The van der Waals surface area contributed by atoms with Crippen LogP contribution in [0.5, 0.6) is 0 Å². The van der Waals surface area contributed by atoms with Crippen LogP contribution in [0.2, 0.25) is 0 Å². The van der Waals surface area contributed by atoms with Gasteiger partial charge in [0.15, 0.2) is 0 Å². The van der Waals surface area contributed by atoms with E-state index in [0.29, 0.717) is 0 Å². The van der Waals surface area contributed by atoms with Crippen LogP contribution in [0.4, 0.5) is 17.1 Å². The van der Waals surface area contributed by atoms with Gasteiger partial charge < -0.3 is 4.90 Å². The molecule has 0 aliphatic rings. The number of rotatable bonds is 13. The molecule has 17 aromatic carbocycles. The Balaban J connectivity index is 0.000000162. The van der Waals surface area contributed by atoms with Crippen LogP contribution < -0.4 is 4.90 Å². The average molecular weight is 1410 g/mol. The van der Waals surface area contributed by atoms with E-state index in [9.17, 15) is 0 Å². The third-order valence-electron chi connectivity index (χ3n) is 20.4. The summed E-state index contributed by atoms with van der Waals surface area (Å²) in [5, 5.41) is 15.0. The molecule has 0 fully saturated rings. The molecule has 3 heteroatoms. The summed E-state index contributed by atoms with van der Waals surface area (Å²) in [6.07, 6.45) is 4.37. The molecule has 19 aromatic rings. The molecular weight excluding hydrogens is 1330 g/mol. The summed E-state index contributed by atoms with van der Waals surface area (Å²) in [5.41, 5.74) is 23.4. The minimum atomic E-state index is 0. The van der Waals surface area contributed by atoms with E-state index in [0.717, 1.165) is 17.1 Å². The van der Waals surface area contributed by atoms with Crippen molar-refractivity contribution in [1.29, 1.82) is 0 Å². The fourth-order valence-electron chi connectivity index (χ4n) is 15.3. The van der Waals surface area contributed by atoms with Crippen molar-refractivity contribution in [3.8, 4) is 86.3 Å². The Morgan fingerprint density at radius 1 is 0.206 bits per heavy atom.